The highest BCUT2D eigenvalue weighted by atomic mass is 79.9. The third kappa shape index (κ3) is 7.00. The summed E-state index contributed by atoms with van der Waals surface area (Å²) in [4.78, 5) is 71.1. The maximum Gasteiger partial charge on any atom is 0.333 e. The van der Waals surface area contributed by atoms with Crippen molar-refractivity contribution >= 4 is 62.4 Å². The van der Waals surface area contributed by atoms with Gasteiger partial charge in [-0.3, -0.25) is 34.3 Å². The molecule has 2 fully saturated rings. The molecule has 2 aromatic carbocycles. The number of benzene rings is 2. The van der Waals surface area contributed by atoms with Crippen molar-refractivity contribution in [1.82, 2.24) is 44.5 Å². The number of carbonyl (C=O) groups is 4. The van der Waals surface area contributed by atoms with E-state index in [2.05, 4.69) is 46.5 Å². The number of aromatic nitrogens is 5. The average molecular weight is 864 g/mol. The Morgan fingerprint density at radius 3 is 2.33 bits per heavy atom. The number of piperazine rings is 1. The van der Waals surface area contributed by atoms with Crippen LogP contribution in [0.5, 0.6) is 0 Å². The molecular formula is C39H35BrF4N10O4. The summed E-state index contributed by atoms with van der Waals surface area (Å²) in [6.07, 6.45) is 2.02. The number of piperidine rings is 1. The standard InChI is InChI=1S/C39H35BrF4N10O4/c1-19(2)53-20(3)47-34-27(41)13-21(14-30(34)53)33-28(42)17-46-38(50-33)48-31-6-4-23(16-45-31)39(43,44)52-10-8-51(9-11-52)18-22-12-24-25(15-26(22)40)37(58)54(36(24)57)29-5-7-32(55)49-35(29)56/h4,6,12-17,19,29H,5,7-11,18H2,1-3H3,(H,49,55,56)(H,45,46,48,50). The third-order valence-corrected chi connectivity index (χ3v) is 11.3. The van der Waals surface area contributed by atoms with Gasteiger partial charge in [-0.1, -0.05) is 15.9 Å². The summed E-state index contributed by atoms with van der Waals surface area (Å²) in [5, 5.41) is 4.98. The number of carbonyl (C=O) groups excluding carboxylic acids is 4. The molecule has 1 atom stereocenters. The van der Waals surface area contributed by atoms with Gasteiger partial charge in [0, 0.05) is 61.4 Å². The lowest BCUT2D eigenvalue weighted by Gasteiger charge is -2.39. The number of amides is 4. The Bertz CT molecular complexity index is 2520. The highest BCUT2D eigenvalue weighted by Crippen LogP contribution is 2.36. The van der Waals surface area contributed by atoms with Crippen LogP contribution >= 0.6 is 15.9 Å². The number of halogens is 5. The first-order valence-corrected chi connectivity index (χ1v) is 19.2. The number of fused-ring (bicyclic) bond motifs is 2. The van der Waals surface area contributed by atoms with Gasteiger partial charge in [-0.2, -0.15) is 8.78 Å². The molecule has 4 amide bonds. The second-order valence-corrected chi connectivity index (χ2v) is 15.5. The summed E-state index contributed by atoms with van der Waals surface area (Å²) in [7, 11) is 0. The molecule has 8 rings (SSSR count). The minimum atomic E-state index is -3.37. The normalized spacial score (nSPS) is 18.1. The summed E-state index contributed by atoms with van der Waals surface area (Å²) in [5.41, 5.74) is 1.23. The van der Waals surface area contributed by atoms with E-state index >= 15 is 17.6 Å². The third-order valence-electron chi connectivity index (χ3n) is 10.6. The Labute approximate surface area is 336 Å². The van der Waals surface area contributed by atoms with Gasteiger partial charge >= 0.3 is 6.05 Å². The van der Waals surface area contributed by atoms with E-state index < -0.39 is 47.4 Å². The molecular weight excluding hydrogens is 828 g/mol. The van der Waals surface area contributed by atoms with Crippen LogP contribution in [0.25, 0.3) is 22.3 Å². The molecule has 3 aliphatic heterocycles. The van der Waals surface area contributed by atoms with Crippen molar-refractivity contribution in [3.63, 3.8) is 0 Å². The highest BCUT2D eigenvalue weighted by molar-refractivity contribution is 9.10. The maximum atomic E-state index is 15.8. The van der Waals surface area contributed by atoms with Crippen LogP contribution in [0.15, 0.2) is 53.3 Å². The molecule has 3 aromatic heterocycles. The molecule has 58 heavy (non-hydrogen) atoms. The van der Waals surface area contributed by atoms with E-state index in [0.717, 1.165) is 28.3 Å². The fourth-order valence-corrected chi connectivity index (χ4v) is 8.18. The molecule has 0 radical (unpaired) electrons. The number of hydrogen-bond acceptors (Lipinski definition) is 11. The zero-order chi connectivity index (χ0) is 41.2. The van der Waals surface area contributed by atoms with Crippen molar-refractivity contribution in [3.05, 3.63) is 93.0 Å². The number of rotatable bonds is 9. The number of imide groups is 2. The van der Waals surface area contributed by atoms with Crippen LogP contribution in [0.3, 0.4) is 0 Å². The number of nitrogens with one attached hydrogen (secondary N) is 2. The Morgan fingerprint density at radius 2 is 1.66 bits per heavy atom. The lowest BCUT2D eigenvalue weighted by molar-refractivity contribution is -0.168. The van der Waals surface area contributed by atoms with Gasteiger partial charge in [0.2, 0.25) is 17.8 Å². The number of aryl methyl sites for hydroxylation is 1. The van der Waals surface area contributed by atoms with Crippen molar-refractivity contribution in [2.24, 2.45) is 0 Å². The SMILES string of the molecule is Cc1nc2c(F)cc(-c3nc(Nc4ccc(C(F)(F)N5CCN(Cc6cc7c(cc6Br)C(=O)N(C6CCC(=O)NC6=O)C7=O)CC5)cn4)ncc3F)cc2n1C(C)C. The molecule has 19 heteroatoms. The molecule has 0 spiro atoms. The van der Waals surface area contributed by atoms with Crippen molar-refractivity contribution in [2.45, 2.75) is 58.3 Å². The predicted octanol–water partition coefficient (Wildman–Crippen LogP) is 5.83. The van der Waals surface area contributed by atoms with Crippen LogP contribution in [0, 0.1) is 18.6 Å². The minimum Gasteiger partial charge on any atom is -0.326 e. The number of imidazole rings is 1. The summed E-state index contributed by atoms with van der Waals surface area (Å²) in [6.45, 7) is 6.46. The van der Waals surface area contributed by atoms with Gasteiger partial charge in [-0.25, -0.2) is 33.6 Å². The first kappa shape index (κ1) is 39.2. The molecule has 2 saturated heterocycles. The maximum absolute atomic E-state index is 15.8. The van der Waals surface area contributed by atoms with Gasteiger partial charge < -0.3 is 9.88 Å². The van der Waals surface area contributed by atoms with Gasteiger partial charge in [0.15, 0.2) is 11.6 Å². The van der Waals surface area contributed by atoms with E-state index in [0.29, 0.717) is 27.9 Å². The molecule has 6 heterocycles. The molecule has 0 bridgehead atoms. The fraction of sp³-hybridized carbons (Fsp3) is 0.333. The first-order valence-electron chi connectivity index (χ1n) is 18.4. The van der Waals surface area contributed by atoms with Gasteiger partial charge in [-0.05, 0) is 69.2 Å². The monoisotopic (exact) mass is 862 g/mol. The quantitative estimate of drug-likeness (QED) is 0.104. The molecule has 14 nitrogen and oxygen atoms in total. The first-order chi connectivity index (χ1) is 27.6. The minimum absolute atomic E-state index is 0.00632. The van der Waals surface area contributed by atoms with E-state index in [1.165, 1.54) is 18.2 Å². The van der Waals surface area contributed by atoms with Gasteiger partial charge in [0.05, 0.1) is 28.4 Å². The van der Waals surface area contributed by atoms with Crippen LogP contribution < -0.4 is 10.6 Å². The predicted molar refractivity (Wildman–Crippen MR) is 205 cm³/mol. The fourth-order valence-electron chi connectivity index (χ4n) is 7.71. The Kier molecular flexibility index (Phi) is 10.1. The smallest absolute Gasteiger partial charge is 0.326 e. The topological polar surface area (TPSA) is 159 Å². The summed E-state index contributed by atoms with van der Waals surface area (Å²) in [5.74, 6) is -3.19. The van der Waals surface area contributed by atoms with Crippen LogP contribution in [0.4, 0.5) is 29.3 Å². The Hall–Kier alpha value is -5.66. The number of nitrogens with zero attached hydrogens (tertiary/aromatic N) is 8. The van der Waals surface area contributed by atoms with E-state index in [4.69, 9.17) is 0 Å². The lowest BCUT2D eigenvalue weighted by atomic mass is 10.0. The second kappa shape index (κ2) is 14.9. The van der Waals surface area contributed by atoms with Gasteiger partial charge in [-0.15, -0.1) is 0 Å². The van der Waals surface area contributed by atoms with Gasteiger partial charge in [0.1, 0.15) is 28.9 Å². The number of anilines is 2. The molecule has 5 aromatic rings. The Balaban J connectivity index is 0.911. The van der Waals surface area contributed by atoms with E-state index in [1.807, 2.05) is 23.3 Å². The number of alkyl halides is 2. The molecule has 0 saturated carbocycles. The van der Waals surface area contributed by atoms with E-state index in [1.54, 1.807) is 19.1 Å². The van der Waals surface area contributed by atoms with Crippen LogP contribution in [-0.4, -0.2) is 95.1 Å². The Morgan fingerprint density at radius 1 is 0.931 bits per heavy atom. The van der Waals surface area contributed by atoms with Crippen LogP contribution in [0.2, 0.25) is 0 Å². The van der Waals surface area contributed by atoms with Gasteiger partial charge in [0.25, 0.3) is 11.8 Å². The highest BCUT2D eigenvalue weighted by Gasteiger charge is 2.45. The van der Waals surface area contributed by atoms with Crippen LogP contribution in [-0.2, 0) is 22.2 Å². The zero-order valence-corrected chi connectivity index (χ0v) is 32.9. The molecule has 1 unspecified atom stereocenters. The second-order valence-electron chi connectivity index (χ2n) is 14.6. The summed E-state index contributed by atoms with van der Waals surface area (Å²) < 4.78 is 64.2. The van der Waals surface area contributed by atoms with E-state index in [9.17, 15) is 19.2 Å². The lowest BCUT2D eigenvalue weighted by Crippen LogP contribution is -2.54. The number of pyridine rings is 1. The number of hydrogen-bond donors (Lipinski definition) is 2. The van der Waals surface area contributed by atoms with Crippen molar-refractivity contribution < 1.29 is 36.7 Å². The molecule has 3 aliphatic rings. The van der Waals surface area contributed by atoms with Crippen LogP contribution in [0.1, 0.15) is 70.4 Å². The molecule has 300 valence electrons. The molecule has 2 N–H and O–H groups in total. The zero-order valence-electron chi connectivity index (χ0n) is 31.3. The summed E-state index contributed by atoms with van der Waals surface area (Å²) >= 11 is 3.48. The molecule has 0 aliphatic carbocycles. The van der Waals surface area contributed by atoms with Crippen molar-refractivity contribution in [3.8, 4) is 11.3 Å². The van der Waals surface area contributed by atoms with Crippen molar-refractivity contribution in [2.75, 3.05) is 31.5 Å². The van der Waals surface area contributed by atoms with E-state index in [-0.39, 0.29) is 90.3 Å². The summed E-state index contributed by atoms with van der Waals surface area (Å²) in [6, 6.07) is 3.93. The average Bonchev–Trinajstić information content (AvgIpc) is 3.65. The largest absolute Gasteiger partial charge is 0.333 e. The van der Waals surface area contributed by atoms with Crippen molar-refractivity contribution in [1.29, 1.82) is 0 Å².